The fourth-order valence-corrected chi connectivity index (χ4v) is 1.93. The van der Waals surface area contributed by atoms with Crippen molar-refractivity contribution >= 4 is 22.4 Å². The number of unbranched alkanes of at least 4 members (excludes halogenated alkanes) is 1. The van der Waals surface area contributed by atoms with Crippen molar-refractivity contribution in [1.29, 1.82) is 0 Å². The van der Waals surface area contributed by atoms with E-state index in [1.165, 1.54) is 0 Å². The summed E-state index contributed by atoms with van der Waals surface area (Å²) in [4.78, 5) is 12.0. The fourth-order valence-electron chi connectivity index (χ4n) is 1.93. The number of carbonyl (C=O) groups is 1. The van der Waals surface area contributed by atoms with Crippen molar-refractivity contribution in [3.8, 4) is 0 Å². The van der Waals surface area contributed by atoms with Gasteiger partial charge in [-0.15, -0.1) is 0 Å². The van der Waals surface area contributed by atoms with E-state index in [0.717, 1.165) is 23.6 Å². The van der Waals surface area contributed by atoms with E-state index in [0.29, 0.717) is 17.8 Å². The van der Waals surface area contributed by atoms with Crippen LogP contribution < -0.4 is 11.1 Å². The van der Waals surface area contributed by atoms with Gasteiger partial charge in [-0.1, -0.05) is 37.6 Å². The molecule has 94 valence electrons. The molecule has 0 aromatic heterocycles. The molecular weight excluding hydrogens is 224 g/mol. The normalized spacial score (nSPS) is 10.5. The molecule has 0 spiro atoms. The highest BCUT2D eigenvalue weighted by molar-refractivity contribution is 6.03. The zero-order chi connectivity index (χ0) is 13.0. The average molecular weight is 242 g/mol. The van der Waals surface area contributed by atoms with Crippen molar-refractivity contribution in [2.24, 2.45) is 0 Å². The summed E-state index contributed by atoms with van der Waals surface area (Å²) in [6.07, 6.45) is 2.05. The summed E-state index contributed by atoms with van der Waals surface area (Å²) in [5.74, 6) is -0.0910. The van der Waals surface area contributed by atoms with Crippen molar-refractivity contribution in [3.05, 3.63) is 42.0 Å². The maximum atomic E-state index is 12.0. The lowest BCUT2D eigenvalue weighted by Crippen LogP contribution is -2.25. The first kappa shape index (κ1) is 12.4. The minimum Gasteiger partial charge on any atom is -0.398 e. The zero-order valence-electron chi connectivity index (χ0n) is 10.6. The predicted molar refractivity (Wildman–Crippen MR) is 75.6 cm³/mol. The first-order valence-electron chi connectivity index (χ1n) is 6.29. The second-order valence-electron chi connectivity index (χ2n) is 4.40. The van der Waals surface area contributed by atoms with Gasteiger partial charge >= 0.3 is 0 Å². The Balaban J connectivity index is 2.27. The molecule has 2 rings (SSSR count). The van der Waals surface area contributed by atoms with Gasteiger partial charge in [0.05, 0.1) is 5.56 Å². The van der Waals surface area contributed by atoms with Crippen molar-refractivity contribution in [3.63, 3.8) is 0 Å². The molecule has 0 aliphatic heterocycles. The lowest BCUT2D eigenvalue weighted by Gasteiger charge is -2.08. The molecule has 0 unspecified atom stereocenters. The molecule has 0 saturated heterocycles. The molecule has 0 heterocycles. The molecule has 0 radical (unpaired) electrons. The van der Waals surface area contributed by atoms with Crippen LogP contribution in [0.15, 0.2) is 36.4 Å². The minimum absolute atomic E-state index is 0.0910. The number of rotatable bonds is 4. The molecule has 0 saturated carbocycles. The zero-order valence-corrected chi connectivity index (χ0v) is 10.6. The molecule has 0 aliphatic rings. The van der Waals surface area contributed by atoms with Gasteiger partial charge in [-0.2, -0.15) is 0 Å². The highest BCUT2D eigenvalue weighted by Gasteiger charge is 2.10. The number of hydrogen-bond acceptors (Lipinski definition) is 2. The highest BCUT2D eigenvalue weighted by Crippen LogP contribution is 2.21. The van der Waals surface area contributed by atoms with Gasteiger partial charge in [0.25, 0.3) is 5.91 Å². The fraction of sp³-hybridized carbons (Fsp3) is 0.267. The van der Waals surface area contributed by atoms with Crippen LogP contribution in [0.5, 0.6) is 0 Å². The predicted octanol–water partition coefficient (Wildman–Crippen LogP) is 2.95. The van der Waals surface area contributed by atoms with Crippen LogP contribution in [-0.2, 0) is 0 Å². The first-order valence-corrected chi connectivity index (χ1v) is 6.29. The molecule has 0 bridgehead atoms. The van der Waals surface area contributed by atoms with E-state index >= 15 is 0 Å². The quantitative estimate of drug-likeness (QED) is 0.639. The van der Waals surface area contributed by atoms with Crippen LogP contribution in [0.3, 0.4) is 0 Å². The number of nitrogens with one attached hydrogen (secondary N) is 1. The molecule has 3 N–H and O–H groups in total. The Labute approximate surface area is 107 Å². The maximum Gasteiger partial charge on any atom is 0.253 e. The van der Waals surface area contributed by atoms with Crippen LogP contribution in [0, 0.1) is 0 Å². The Hall–Kier alpha value is -2.03. The summed E-state index contributed by atoms with van der Waals surface area (Å²) in [7, 11) is 0. The lowest BCUT2D eigenvalue weighted by atomic mass is 10.0. The van der Waals surface area contributed by atoms with Crippen molar-refractivity contribution in [2.75, 3.05) is 12.3 Å². The van der Waals surface area contributed by atoms with Gasteiger partial charge in [-0.05, 0) is 29.3 Å². The summed E-state index contributed by atoms with van der Waals surface area (Å²) < 4.78 is 0. The third kappa shape index (κ3) is 2.62. The van der Waals surface area contributed by atoms with Crippen LogP contribution in [0.1, 0.15) is 30.1 Å². The van der Waals surface area contributed by atoms with E-state index in [2.05, 4.69) is 12.2 Å². The number of carbonyl (C=O) groups excluding carboxylic acids is 1. The third-order valence-corrected chi connectivity index (χ3v) is 2.98. The van der Waals surface area contributed by atoms with Gasteiger partial charge in [-0.25, -0.2) is 0 Å². The molecule has 3 nitrogen and oxygen atoms in total. The molecule has 18 heavy (non-hydrogen) atoms. The van der Waals surface area contributed by atoms with Crippen LogP contribution in [0.4, 0.5) is 5.69 Å². The Morgan fingerprint density at radius 2 is 1.89 bits per heavy atom. The molecule has 0 atom stereocenters. The summed E-state index contributed by atoms with van der Waals surface area (Å²) in [6.45, 7) is 2.79. The Bertz CT molecular complexity index is 563. The second-order valence-corrected chi connectivity index (χ2v) is 4.40. The standard InChI is InChI=1S/C15H18N2O/c1-2-3-8-17-15(18)13-9-11-6-4-5-7-12(11)10-14(13)16/h4-7,9-10H,2-3,8,16H2,1H3,(H,17,18). The lowest BCUT2D eigenvalue weighted by molar-refractivity contribution is 0.0954. The molecule has 3 heteroatoms. The Morgan fingerprint density at radius 1 is 1.22 bits per heavy atom. The average Bonchev–Trinajstić information content (AvgIpc) is 2.38. The van der Waals surface area contributed by atoms with Crippen LogP contribution in [0.25, 0.3) is 10.8 Å². The van der Waals surface area contributed by atoms with Gasteiger partial charge in [0.1, 0.15) is 0 Å². The Morgan fingerprint density at radius 3 is 2.56 bits per heavy atom. The van der Waals surface area contributed by atoms with Gasteiger partial charge in [0.2, 0.25) is 0 Å². The summed E-state index contributed by atoms with van der Waals surface area (Å²) >= 11 is 0. The largest absolute Gasteiger partial charge is 0.398 e. The number of nitrogens with two attached hydrogens (primary N) is 1. The smallest absolute Gasteiger partial charge is 0.253 e. The second kappa shape index (κ2) is 5.54. The van der Waals surface area contributed by atoms with E-state index in [1.54, 1.807) is 0 Å². The van der Waals surface area contributed by atoms with E-state index in [-0.39, 0.29) is 5.91 Å². The highest BCUT2D eigenvalue weighted by atomic mass is 16.1. The third-order valence-electron chi connectivity index (χ3n) is 2.98. The Kier molecular flexibility index (Phi) is 3.82. The van der Waals surface area contributed by atoms with Crippen LogP contribution in [-0.4, -0.2) is 12.5 Å². The number of nitrogen functional groups attached to an aromatic ring is 1. The molecule has 0 aliphatic carbocycles. The van der Waals surface area contributed by atoms with E-state index in [1.807, 2.05) is 36.4 Å². The van der Waals surface area contributed by atoms with Gasteiger partial charge in [-0.3, -0.25) is 4.79 Å². The molecule has 1 amide bonds. The maximum absolute atomic E-state index is 12.0. The number of fused-ring (bicyclic) bond motifs is 1. The monoisotopic (exact) mass is 242 g/mol. The van der Waals surface area contributed by atoms with Crippen molar-refractivity contribution in [1.82, 2.24) is 5.32 Å². The van der Waals surface area contributed by atoms with Crippen LogP contribution in [0.2, 0.25) is 0 Å². The van der Waals surface area contributed by atoms with Crippen molar-refractivity contribution in [2.45, 2.75) is 19.8 Å². The summed E-state index contributed by atoms with van der Waals surface area (Å²) in [5, 5.41) is 4.98. The van der Waals surface area contributed by atoms with Crippen molar-refractivity contribution < 1.29 is 4.79 Å². The number of anilines is 1. The molecule has 0 fully saturated rings. The van der Waals surface area contributed by atoms with E-state index < -0.39 is 0 Å². The number of hydrogen-bond donors (Lipinski definition) is 2. The molecular formula is C15H18N2O. The number of benzene rings is 2. The molecule has 2 aromatic carbocycles. The van der Waals surface area contributed by atoms with Gasteiger partial charge in [0.15, 0.2) is 0 Å². The number of amides is 1. The summed E-state index contributed by atoms with van der Waals surface area (Å²) in [5.41, 5.74) is 7.02. The topological polar surface area (TPSA) is 55.1 Å². The SMILES string of the molecule is CCCCNC(=O)c1cc2ccccc2cc1N. The van der Waals surface area contributed by atoms with E-state index in [9.17, 15) is 4.79 Å². The van der Waals surface area contributed by atoms with Crippen LogP contribution >= 0.6 is 0 Å². The first-order chi connectivity index (χ1) is 8.72. The summed E-state index contributed by atoms with van der Waals surface area (Å²) in [6, 6.07) is 11.6. The van der Waals surface area contributed by atoms with E-state index in [4.69, 9.17) is 5.73 Å². The van der Waals surface area contributed by atoms with Gasteiger partial charge in [0, 0.05) is 12.2 Å². The van der Waals surface area contributed by atoms with Gasteiger partial charge < -0.3 is 11.1 Å². The molecule has 2 aromatic rings. The minimum atomic E-state index is -0.0910.